The Kier molecular flexibility index (Phi) is 4.94. The molecule has 7 nitrogen and oxygen atoms in total. The molecule has 0 unspecified atom stereocenters. The maximum atomic E-state index is 12.8. The van der Waals surface area contributed by atoms with Gasteiger partial charge in [0.1, 0.15) is 0 Å². The summed E-state index contributed by atoms with van der Waals surface area (Å²) in [5, 5.41) is 10.3. The Morgan fingerprint density at radius 1 is 1.14 bits per heavy atom. The number of aromatic nitrogens is 2. The van der Waals surface area contributed by atoms with Gasteiger partial charge < -0.3 is 4.90 Å². The molecule has 9 heteroatoms. The van der Waals surface area contributed by atoms with E-state index >= 15 is 0 Å². The molecule has 0 aliphatic heterocycles. The number of sulfonamides is 1. The first-order chi connectivity index (χ1) is 13.7. The number of hydrogen-bond donors (Lipinski definition) is 1. The average Bonchev–Trinajstić information content (AvgIpc) is 3.45. The molecule has 2 N–H and O–H groups in total. The SMILES string of the molecule is CN(C(=O)c1cc(-c2ccc(S(N)(=O)=O)cc2)n(-c2ccc(Cl)cc2)n1)C1CC1. The molecule has 2 aromatic carbocycles. The molecule has 29 heavy (non-hydrogen) atoms. The van der Waals surface area contributed by atoms with Crippen molar-refractivity contribution in [2.24, 2.45) is 5.14 Å². The number of carbonyl (C=O) groups excluding carboxylic acids is 1. The van der Waals surface area contributed by atoms with Crippen molar-refractivity contribution in [3.8, 4) is 16.9 Å². The van der Waals surface area contributed by atoms with Gasteiger partial charge in [0, 0.05) is 23.7 Å². The molecule has 1 aliphatic rings. The summed E-state index contributed by atoms with van der Waals surface area (Å²) in [5.41, 5.74) is 2.40. The summed E-state index contributed by atoms with van der Waals surface area (Å²) < 4.78 is 24.7. The normalized spacial score (nSPS) is 14.0. The molecule has 0 spiro atoms. The highest BCUT2D eigenvalue weighted by molar-refractivity contribution is 7.89. The molecule has 0 radical (unpaired) electrons. The third-order valence-electron chi connectivity index (χ3n) is 4.89. The van der Waals surface area contributed by atoms with Crippen LogP contribution in [0.5, 0.6) is 0 Å². The van der Waals surface area contributed by atoms with Gasteiger partial charge >= 0.3 is 0 Å². The van der Waals surface area contributed by atoms with E-state index < -0.39 is 10.0 Å². The summed E-state index contributed by atoms with van der Waals surface area (Å²) in [6.45, 7) is 0. The van der Waals surface area contributed by atoms with Gasteiger partial charge in [-0.25, -0.2) is 18.2 Å². The Bertz CT molecular complexity index is 1170. The molecule has 0 saturated heterocycles. The maximum Gasteiger partial charge on any atom is 0.274 e. The van der Waals surface area contributed by atoms with Crippen LogP contribution in [0.3, 0.4) is 0 Å². The maximum absolute atomic E-state index is 12.8. The first-order valence-electron chi connectivity index (χ1n) is 9.00. The van der Waals surface area contributed by atoms with Gasteiger partial charge in [-0.15, -0.1) is 0 Å². The zero-order chi connectivity index (χ0) is 20.8. The molecule has 0 bridgehead atoms. The van der Waals surface area contributed by atoms with Crippen molar-refractivity contribution in [2.45, 2.75) is 23.8 Å². The summed E-state index contributed by atoms with van der Waals surface area (Å²) in [6.07, 6.45) is 2.00. The van der Waals surface area contributed by atoms with E-state index in [0.29, 0.717) is 22.0 Å². The minimum absolute atomic E-state index is 0.0172. The zero-order valence-corrected chi connectivity index (χ0v) is 17.2. The molecule has 3 aromatic rings. The Hall–Kier alpha value is -2.68. The lowest BCUT2D eigenvalue weighted by molar-refractivity contribution is 0.0779. The minimum Gasteiger partial charge on any atom is -0.337 e. The number of nitrogens with two attached hydrogens (primary N) is 1. The second kappa shape index (κ2) is 7.29. The highest BCUT2D eigenvalue weighted by Gasteiger charge is 2.31. The number of carbonyl (C=O) groups is 1. The summed E-state index contributed by atoms with van der Waals surface area (Å²) in [6, 6.07) is 15.2. The Labute approximate surface area is 173 Å². The molecular formula is C20H19ClN4O3S. The van der Waals surface area contributed by atoms with E-state index in [2.05, 4.69) is 5.10 Å². The van der Waals surface area contributed by atoms with Gasteiger partial charge in [-0.05, 0) is 55.3 Å². The van der Waals surface area contributed by atoms with Gasteiger partial charge in [-0.2, -0.15) is 5.10 Å². The minimum atomic E-state index is -3.79. The number of rotatable bonds is 5. The highest BCUT2D eigenvalue weighted by Crippen LogP contribution is 2.29. The summed E-state index contributed by atoms with van der Waals surface area (Å²) >= 11 is 6.00. The van der Waals surface area contributed by atoms with Crippen LogP contribution in [-0.4, -0.2) is 42.1 Å². The predicted molar refractivity (Wildman–Crippen MR) is 110 cm³/mol. The molecule has 150 valence electrons. The molecule has 1 saturated carbocycles. The van der Waals surface area contributed by atoms with Crippen molar-refractivity contribution in [1.82, 2.24) is 14.7 Å². The lowest BCUT2D eigenvalue weighted by Gasteiger charge is -2.14. The first-order valence-corrected chi connectivity index (χ1v) is 10.9. The smallest absolute Gasteiger partial charge is 0.274 e. The van der Waals surface area contributed by atoms with Crippen LogP contribution in [0.4, 0.5) is 0 Å². The van der Waals surface area contributed by atoms with Crippen LogP contribution in [0, 0.1) is 0 Å². The van der Waals surface area contributed by atoms with Crippen LogP contribution < -0.4 is 5.14 Å². The highest BCUT2D eigenvalue weighted by atomic mass is 35.5. The van der Waals surface area contributed by atoms with E-state index in [0.717, 1.165) is 18.5 Å². The predicted octanol–water partition coefficient (Wildman–Crippen LogP) is 3.07. The molecule has 0 atom stereocenters. The monoisotopic (exact) mass is 430 g/mol. The van der Waals surface area contributed by atoms with E-state index in [1.807, 2.05) is 0 Å². The van der Waals surface area contributed by atoms with Crippen molar-refractivity contribution in [3.63, 3.8) is 0 Å². The fourth-order valence-electron chi connectivity index (χ4n) is 3.09. The number of nitrogens with zero attached hydrogens (tertiary/aromatic N) is 3. The van der Waals surface area contributed by atoms with E-state index in [4.69, 9.17) is 16.7 Å². The van der Waals surface area contributed by atoms with Gasteiger partial charge in [-0.3, -0.25) is 4.79 Å². The second-order valence-corrected chi connectivity index (χ2v) is 9.02. The molecule has 4 rings (SSSR count). The third kappa shape index (κ3) is 4.05. The van der Waals surface area contributed by atoms with Crippen LogP contribution >= 0.6 is 11.6 Å². The van der Waals surface area contributed by atoms with E-state index in [-0.39, 0.29) is 16.8 Å². The Balaban J connectivity index is 1.80. The van der Waals surface area contributed by atoms with E-state index in [1.165, 1.54) is 12.1 Å². The number of amides is 1. The number of hydrogen-bond acceptors (Lipinski definition) is 4. The van der Waals surface area contributed by atoms with E-state index in [9.17, 15) is 13.2 Å². The van der Waals surface area contributed by atoms with Crippen molar-refractivity contribution in [3.05, 3.63) is 65.3 Å². The van der Waals surface area contributed by atoms with Gasteiger partial charge in [0.05, 0.1) is 16.3 Å². The Morgan fingerprint density at radius 3 is 2.31 bits per heavy atom. The van der Waals surface area contributed by atoms with Gasteiger partial charge in [0.15, 0.2) is 5.69 Å². The molecule has 1 heterocycles. The molecule has 1 fully saturated rings. The second-order valence-electron chi connectivity index (χ2n) is 7.02. The van der Waals surface area contributed by atoms with Crippen molar-refractivity contribution in [1.29, 1.82) is 0 Å². The van der Waals surface area contributed by atoms with Crippen LogP contribution in [0.25, 0.3) is 16.9 Å². The topological polar surface area (TPSA) is 98.3 Å². The van der Waals surface area contributed by atoms with Crippen molar-refractivity contribution >= 4 is 27.5 Å². The largest absolute Gasteiger partial charge is 0.337 e. The van der Waals surface area contributed by atoms with E-state index in [1.54, 1.807) is 59.1 Å². The fourth-order valence-corrected chi connectivity index (χ4v) is 3.74. The number of benzene rings is 2. The van der Waals surface area contributed by atoms with Gasteiger partial charge in [-0.1, -0.05) is 23.7 Å². The van der Waals surface area contributed by atoms with Gasteiger partial charge in [0.2, 0.25) is 10.0 Å². The average molecular weight is 431 g/mol. The summed E-state index contributed by atoms with van der Waals surface area (Å²) in [4.78, 5) is 14.6. The molecule has 1 aromatic heterocycles. The fraction of sp³-hybridized carbons (Fsp3) is 0.200. The molecule has 1 amide bonds. The van der Waals surface area contributed by atoms with Crippen LogP contribution in [0.1, 0.15) is 23.3 Å². The van der Waals surface area contributed by atoms with Crippen LogP contribution in [0.2, 0.25) is 5.02 Å². The van der Waals surface area contributed by atoms with Crippen LogP contribution in [0.15, 0.2) is 59.5 Å². The quantitative estimate of drug-likeness (QED) is 0.672. The summed E-state index contributed by atoms with van der Waals surface area (Å²) in [7, 11) is -2.01. The third-order valence-corrected chi connectivity index (χ3v) is 6.07. The molecule has 1 aliphatic carbocycles. The lowest BCUT2D eigenvalue weighted by Crippen LogP contribution is -2.29. The number of halogens is 1. The van der Waals surface area contributed by atoms with Crippen molar-refractivity contribution < 1.29 is 13.2 Å². The number of primary sulfonamides is 1. The summed E-state index contributed by atoms with van der Waals surface area (Å²) in [5.74, 6) is -0.150. The van der Waals surface area contributed by atoms with Crippen molar-refractivity contribution in [2.75, 3.05) is 7.05 Å². The standard InChI is InChI=1S/C20H19ClN4O3S/c1-24(15-8-9-15)20(26)18-12-19(13-2-10-17(11-3-13)29(22,27)28)25(23-18)16-6-4-14(21)5-7-16/h2-7,10-12,15H,8-9H2,1H3,(H2,22,27,28). The van der Waals surface area contributed by atoms with Gasteiger partial charge in [0.25, 0.3) is 5.91 Å². The Morgan fingerprint density at radius 2 is 1.76 bits per heavy atom. The molecular weight excluding hydrogens is 412 g/mol. The lowest BCUT2D eigenvalue weighted by atomic mass is 10.1. The zero-order valence-electron chi connectivity index (χ0n) is 15.6. The first kappa shape index (κ1) is 19.6. The van der Waals surface area contributed by atoms with Crippen LogP contribution in [-0.2, 0) is 10.0 Å².